The Balaban J connectivity index is 1.60. The first-order valence-electron chi connectivity index (χ1n) is 6.86. The highest BCUT2D eigenvalue weighted by Gasteiger charge is 2.28. The van der Waals surface area contributed by atoms with Gasteiger partial charge in [-0.15, -0.1) is 10.2 Å². The van der Waals surface area contributed by atoms with Crippen molar-refractivity contribution in [2.45, 2.75) is 25.3 Å². The van der Waals surface area contributed by atoms with Gasteiger partial charge in [0.15, 0.2) is 0 Å². The number of hydrogen-bond donors (Lipinski definition) is 1. The normalized spacial score (nSPS) is 14.1. The highest BCUT2D eigenvalue weighted by molar-refractivity contribution is 6.36. The molecule has 0 spiro atoms. The number of carbonyl (C=O) groups is 1. The highest BCUT2D eigenvalue weighted by Crippen LogP contribution is 2.38. The Kier molecular flexibility index (Phi) is 4.31. The molecule has 8 heteroatoms. The Morgan fingerprint density at radius 2 is 2.14 bits per heavy atom. The summed E-state index contributed by atoms with van der Waals surface area (Å²) < 4.78 is 15.3. The predicted molar refractivity (Wildman–Crippen MR) is 80.8 cm³/mol. The minimum Gasteiger partial charge on any atom is -0.350 e. The zero-order chi connectivity index (χ0) is 15.7. The molecule has 1 N–H and O–H groups in total. The van der Waals surface area contributed by atoms with Crippen LogP contribution in [0, 0.1) is 5.82 Å². The Bertz CT molecular complexity index is 715. The minimum atomic E-state index is -0.675. The van der Waals surface area contributed by atoms with Crippen molar-refractivity contribution in [1.29, 1.82) is 0 Å². The van der Waals surface area contributed by atoms with Crippen molar-refractivity contribution in [3.63, 3.8) is 0 Å². The number of benzene rings is 1. The molecule has 0 atom stereocenters. The van der Waals surface area contributed by atoms with Crippen molar-refractivity contribution < 1.29 is 9.18 Å². The van der Waals surface area contributed by atoms with Gasteiger partial charge in [-0.05, 0) is 25.0 Å². The van der Waals surface area contributed by atoms with E-state index in [1.54, 1.807) is 6.33 Å². The summed E-state index contributed by atoms with van der Waals surface area (Å²) in [7, 11) is 0. The zero-order valence-corrected chi connectivity index (χ0v) is 13.0. The lowest BCUT2D eigenvalue weighted by atomic mass is 10.2. The van der Waals surface area contributed by atoms with E-state index in [0.717, 1.165) is 24.7 Å². The van der Waals surface area contributed by atoms with E-state index >= 15 is 0 Å². The lowest BCUT2D eigenvalue weighted by Gasteiger charge is -2.09. The molecule has 3 rings (SSSR count). The Labute approximate surface area is 136 Å². The Morgan fingerprint density at radius 1 is 1.36 bits per heavy atom. The van der Waals surface area contributed by atoms with Gasteiger partial charge >= 0.3 is 0 Å². The van der Waals surface area contributed by atoms with Crippen LogP contribution in [0.5, 0.6) is 0 Å². The van der Waals surface area contributed by atoms with Crippen LogP contribution >= 0.6 is 23.2 Å². The van der Waals surface area contributed by atoms with Gasteiger partial charge in [-0.3, -0.25) is 4.79 Å². The quantitative estimate of drug-likeness (QED) is 0.849. The molecule has 116 valence electrons. The topological polar surface area (TPSA) is 59.8 Å². The van der Waals surface area contributed by atoms with E-state index in [0.29, 0.717) is 19.0 Å². The second kappa shape index (κ2) is 6.22. The summed E-state index contributed by atoms with van der Waals surface area (Å²) in [5, 5.41) is 10.7. The summed E-state index contributed by atoms with van der Waals surface area (Å²) in [6.07, 6.45) is 3.91. The van der Waals surface area contributed by atoms with Crippen molar-refractivity contribution in [1.82, 2.24) is 20.1 Å². The van der Waals surface area contributed by atoms with E-state index in [4.69, 9.17) is 23.2 Å². The molecule has 1 aromatic heterocycles. The Hall–Kier alpha value is -1.66. The van der Waals surface area contributed by atoms with Gasteiger partial charge in [0.2, 0.25) is 0 Å². The number of nitrogens with zero attached hydrogens (tertiary/aromatic N) is 3. The minimum absolute atomic E-state index is 0.0646. The first kappa shape index (κ1) is 15.2. The third kappa shape index (κ3) is 3.23. The van der Waals surface area contributed by atoms with Gasteiger partial charge in [-0.1, -0.05) is 23.2 Å². The molecule has 2 aromatic rings. The number of aromatic nitrogens is 3. The molecule has 0 aliphatic heterocycles. The molecule has 1 fully saturated rings. The average molecular weight is 343 g/mol. The van der Waals surface area contributed by atoms with Crippen LogP contribution in [0.25, 0.3) is 0 Å². The summed E-state index contributed by atoms with van der Waals surface area (Å²) >= 11 is 11.5. The standard InChI is InChI=1S/C14H13Cl2FN4O/c15-10-6-11(16)12(17)5-9(10)14(22)18-3-4-21-7-19-20-13(21)8-1-2-8/h5-8H,1-4H2,(H,18,22). The molecule has 1 saturated carbocycles. The monoisotopic (exact) mass is 342 g/mol. The first-order chi connectivity index (χ1) is 10.6. The van der Waals surface area contributed by atoms with Gasteiger partial charge in [0, 0.05) is 19.0 Å². The van der Waals surface area contributed by atoms with E-state index in [1.165, 1.54) is 6.07 Å². The van der Waals surface area contributed by atoms with Crippen molar-refractivity contribution in [2.24, 2.45) is 0 Å². The predicted octanol–water partition coefficient (Wildman–Crippen LogP) is 3.03. The molecule has 1 aliphatic rings. The molecule has 1 aromatic carbocycles. The fraction of sp³-hybridized carbons (Fsp3) is 0.357. The maximum atomic E-state index is 13.4. The van der Waals surface area contributed by atoms with Gasteiger partial charge in [-0.25, -0.2) is 4.39 Å². The summed E-state index contributed by atoms with van der Waals surface area (Å²) in [6.45, 7) is 0.926. The van der Waals surface area contributed by atoms with Crippen LogP contribution in [-0.2, 0) is 6.54 Å². The van der Waals surface area contributed by atoms with E-state index in [-0.39, 0.29) is 15.6 Å². The fourth-order valence-corrected chi connectivity index (χ4v) is 2.64. The number of nitrogens with one attached hydrogen (secondary N) is 1. The van der Waals surface area contributed by atoms with E-state index in [2.05, 4.69) is 15.5 Å². The van der Waals surface area contributed by atoms with Crippen molar-refractivity contribution in [2.75, 3.05) is 6.54 Å². The number of rotatable bonds is 5. The average Bonchev–Trinajstić information content (AvgIpc) is 3.22. The van der Waals surface area contributed by atoms with Gasteiger partial charge in [0.25, 0.3) is 5.91 Å². The van der Waals surface area contributed by atoms with Crippen LogP contribution in [0.2, 0.25) is 10.0 Å². The molecule has 1 heterocycles. The van der Waals surface area contributed by atoms with Gasteiger partial charge in [0.1, 0.15) is 18.0 Å². The van der Waals surface area contributed by atoms with Gasteiger partial charge < -0.3 is 9.88 Å². The van der Waals surface area contributed by atoms with Crippen molar-refractivity contribution >= 4 is 29.1 Å². The molecule has 0 bridgehead atoms. The van der Waals surface area contributed by atoms with Crippen molar-refractivity contribution in [3.8, 4) is 0 Å². The second-order valence-corrected chi connectivity index (χ2v) is 5.97. The van der Waals surface area contributed by atoms with Gasteiger partial charge in [0.05, 0.1) is 15.6 Å². The van der Waals surface area contributed by atoms with Crippen molar-refractivity contribution in [3.05, 3.63) is 45.7 Å². The Morgan fingerprint density at radius 3 is 2.86 bits per heavy atom. The lowest BCUT2D eigenvalue weighted by molar-refractivity contribution is 0.0952. The van der Waals surface area contributed by atoms with E-state index < -0.39 is 11.7 Å². The third-order valence-corrected chi connectivity index (χ3v) is 4.08. The number of amides is 1. The van der Waals surface area contributed by atoms with Crippen LogP contribution in [0.15, 0.2) is 18.5 Å². The van der Waals surface area contributed by atoms with E-state index in [1.807, 2.05) is 4.57 Å². The first-order valence-corrected chi connectivity index (χ1v) is 7.62. The molecular formula is C14H13Cl2FN4O. The molecule has 0 unspecified atom stereocenters. The third-order valence-electron chi connectivity index (χ3n) is 3.48. The lowest BCUT2D eigenvalue weighted by Crippen LogP contribution is -2.27. The highest BCUT2D eigenvalue weighted by atomic mass is 35.5. The molecule has 1 amide bonds. The largest absolute Gasteiger partial charge is 0.350 e. The summed E-state index contributed by atoms with van der Waals surface area (Å²) in [5.41, 5.74) is 0.0646. The van der Waals surface area contributed by atoms with Crippen LogP contribution < -0.4 is 5.32 Å². The number of halogens is 3. The second-order valence-electron chi connectivity index (χ2n) is 5.16. The SMILES string of the molecule is O=C(NCCn1cnnc1C1CC1)c1cc(F)c(Cl)cc1Cl. The summed E-state index contributed by atoms with van der Waals surface area (Å²) in [5.74, 6) is 0.315. The van der Waals surface area contributed by atoms with Crippen LogP contribution in [-0.4, -0.2) is 27.2 Å². The number of hydrogen-bond acceptors (Lipinski definition) is 3. The van der Waals surface area contributed by atoms with Crippen LogP contribution in [0.3, 0.4) is 0 Å². The maximum absolute atomic E-state index is 13.4. The molecule has 5 nitrogen and oxygen atoms in total. The molecule has 0 saturated heterocycles. The smallest absolute Gasteiger partial charge is 0.252 e. The molecule has 1 aliphatic carbocycles. The number of carbonyl (C=O) groups excluding carboxylic acids is 1. The van der Waals surface area contributed by atoms with Crippen LogP contribution in [0.1, 0.15) is 34.9 Å². The zero-order valence-electron chi connectivity index (χ0n) is 11.5. The molecular weight excluding hydrogens is 330 g/mol. The van der Waals surface area contributed by atoms with Crippen LogP contribution in [0.4, 0.5) is 4.39 Å². The maximum Gasteiger partial charge on any atom is 0.252 e. The summed E-state index contributed by atoms with van der Waals surface area (Å²) in [6, 6.07) is 2.26. The van der Waals surface area contributed by atoms with E-state index in [9.17, 15) is 9.18 Å². The van der Waals surface area contributed by atoms with Gasteiger partial charge in [-0.2, -0.15) is 0 Å². The fourth-order valence-electron chi connectivity index (χ4n) is 2.18. The molecule has 22 heavy (non-hydrogen) atoms. The summed E-state index contributed by atoms with van der Waals surface area (Å²) in [4.78, 5) is 12.0. The molecule has 0 radical (unpaired) electrons.